The van der Waals surface area contributed by atoms with Crippen molar-refractivity contribution in [2.45, 2.75) is 46.7 Å². The van der Waals surface area contributed by atoms with Crippen molar-refractivity contribution in [3.05, 3.63) is 36.0 Å². The maximum atomic E-state index is 4.91. The normalized spacial score (nSPS) is 11.9. The summed E-state index contributed by atoms with van der Waals surface area (Å²) in [4.78, 5) is 7.23. The largest absolute Gasteiger partial charge is 0.357 e. The van der Waals surface area contributed by atoms with E-state index in [-0.39, 0.29) is 5.54 Å². The lowest BCUT2D eigenvalue weighted by Crippen LogP contribution is -2.35. The summed E-state index contributed by atoms with van der Waals surface area (Å²) in [6.45, 7) is 13.6. The van der Waals surface area contributed by atoms with Gasteiger partial charge in [0.2, 0.25) is 0 Å². The highest BCUT2D eigenvalue weighted by Crippen LogP contribution is 2.25. The summed E-state index contributed by atoms with van der Waals surface area (Å²) in [7, 11) is 0. The van der Waals surface area contributed by atoms with E-state index in [4.69, 9.17) is 4.98 Å². The standard InChI is InChI=1S/C18H27N3/c1-6-21(7-2)17-16-11-9-8-10-14(16)12-15(20-17)13-19-18(3,4)5/h8-12,19H,6-7,13H2,1-5H3. The van der Waals surface area contributed by atoms with Crippen LogP contribution in [0.2, 0.25) is 0 Å². The molecule has 3 nitrogen and oxygen atoms in total. The van der Waals surface area contributed by atoms with Crippen LogP contribution >= 0.6 is 0 Å². The topological polar surface area (TPSA) is 28.2 Å². The van der Waals surface area contributed by atoms with Gasteiger partial charge >= 0.3 is 0 Å². The van der Waals surface area contributed by atoms with Gasteiger partial charge in [0.05, 0.1) is 5.69 Å². The van der Waals surface area contributed by atoms with E-state index in [0.29, 0.717) is 0 Å². The predicted molar refractivity (Wildman–Crippen MR) is 91.9 cm³/mol. The molecule has 21 heavy (non-hydrogen) atoms. The molecule has 0 radical (unpaired) electrons. The number of benzene rings is 1. The monoisotopic (exact) mass is 285 g/mol. The van der Waals surface area contributed by atoms with E-state index < -0.39 is 0 Å². The van der Waals surface area contributed by atoms with Crippen LogP contribution in [0.4, 0.5) is 5.82 Å². The van der Waals surface area contributed by atoms with Gasteiger partial charge in [-0.2, -0.15) is 0 Å². The Morgan fingerprint density at radius 2 is 1.76 bits per heavy atom. The van der Waals surface area contributed by atoms with E-state index in [9.17, 15) is 0 Å². The lowest BCUT2D eigenvalue weighted by atomic mass is 10.1. The number of rotatable bonds is 5. The third-order valence-corrected chi connectivity index (χ3v) is 3.64. The zero-order chi connectivity index (χ0) is 15.5. The number of pyridine rings is 1. The highest BCUT2D eigenvalue weighted by atomic mass is 15.2. The van der Waals surface area contributed by atoms with Crippen LogP contribution in [0.25, 0.3) is 10.8 Å². The van der Waals surface area contributed by atoms with E-state index >= 15 is 0 Å². The van der Waals surface area contributed by atoms with Crippen LogP contribution < -0.4 is 10.2 Å². The fourth-order valence-electron chi connectivity index (χ4n) is 2.45. The van der Waals surface area contributed by atoms with Crippen LogP contribution in [0.15, 0.2) is 30.3 Å². The Bertz CT molecular complexity index is 595. The molecule has 0 aliphatic heterocycles. The molecular weight excluding hydrogens is 258 g/mol. The fraction of sp³-hybridized carbons (Fsp3) is 0.500. The van der Waals surface area contributed by atoms with Gasteiger partial charge in [0, 0.05) is 30.6 Å². The van der Waals surface area contributed by atoms with Crippen molar-refractivity contribution in [1.82, 2.24) is 10.3 Å². The summed E-state index contributed by atoms with van der Waals surface area (Å²) >= 11 is 0. The second-order valence-electron chi connectivity index (χ2n) is 6.43. The Balaban J connectivity index is 2.44. The first-order valence-electron chi connectivity index (χ1n) is 7.83. The molecule has 3 heteroatoms. The lowest BCUT2D eigenvalue weighted by Gasteiger charge is -2.24. The summed E-state index contributed by atoms with van der Waals surface area (Å²) in [6.07, 6.45) is 0. The van der Waals surface area contributed by atoms with Gasteiger partial charge in [-0.05, 0) is 46.1 Å². The molecule has 0 aliphatic carbocycles. The third-order valence-electron chi connectivity index (χ3n) is 3.64. The van der Waals surface area contributed by atoms with E-state index in [1.54, 1.807) is 0 Å². The van der Waals surface area contributed by atoms with Crippen molar-refractivity contribution < 1.29 is 0 Å². The molecule has 0 atom stereocenters. The van der Waals surface area contributed by atoms with Crippen LogP contribution in [-0.2, 0) is 6.54 Å². The van der Waals surface area contributed by atoms with Crippen LogP contribution in [0.3, 0.4) is 0 Å². The van der Waals surface area contributed by atoms with Gasteiger partial charge in [0.1, 0.15) is 5.82 Å². The smallest absolute Gasteiger partial charge is 0.136 e. The molecule has 0 aliphatic rings. The van der Waals surface area contributed by atoms with Crippen molar-refractivity contribution in [2.75, 3.05) is 18.0 Å². The first kappa shape index (κ1) is 15.8. The number of hydrogen-bond donors (Lipinski definition) is 1. The quantitative estimate of drug-likeness (QED) is 0.901. The molecule has 1 heterocycles. The molecule has 0 saturated carbocycles. The van der Waals surface area contributed by atoms with E-state index in [0.717, 1.165) is 31.1 Å². The third kappa shape index (κ3) is 3.94. The highest BCUT2D eigenvalue weighted by Gasteiger charge is 2.13. The molecule has 1 N–H and O–H groups in total. The zero-order valence-corrected chi connectivity index (χ0v) is 13.9. The highest BCUT2D eigenvalue weighted by molar-refractivity contribution is 5.92. The molecule has 0 unspecified atom stereocenters. The Labute approximate surface area is 128 Å². The van der Waals surface area contributed by atoms with Crippen LogP contribution in [0.5, 0.6) is 0 Å². The minimum Gasteiger partial charge on any atom is -0.357 e. The molecule has 0 amide bonds. The molecule has 0 spiro atoms. The Morgan fingerprint density at radius 3 is 2.38 bits per heavy atom. The van der Waals surface area contributed by atoms with Crippen LogP contribution in [-0.4, -0.2) is 23.6 Å². The molecule has 114 valence electrons. The number of fused-ring (bicyclic) bond motifs is 1. The van der Waals surface area contributed by atoms with Gasteiger partial charge in [-0.25, -0.2) is 4.98 Å². The first-order chi connectivity index (χ1) is 9.94. The maximum Gasteiger partial charge on any atom is 0.136 e. The molecule has 1 aromatic heterocycles. The number of aromatic nitrogens is 1. The first-order valence-corrected chi connectivity index (χ1v) is 7.83. The molecule has 0 fully saturated rings. The SMILES string of the molecule is CCN(CC)c1nc(CNC(C)(C)C)cc2ccccc12. The second kappa shape index (κ2) is 6.44. The van der Waals surface area contributed by atoms with E-state index in [2.05, 4.69) is 75.2 Å². The molecular formula is C18H27N3. The van der Waals surface area contributed by atoms with Crippen molar-refractivity contribution >= 4 is 16.6 Å². The number of anilines is 1. The van der Waals surface area contributed by atoms with Crippen LogP contribution in [0.1, 0.15) is 40.3 Å². The Kier molecular flexibility index (Phi) is 4.84. The average Bonchev–Trinajstić information content (AvgIpc) is 2.45. The number of nitrogens with one attached hydrogen (secondary N) is 1. The Morgan fingerprint density at radius 1 is 1.10 bits per heavy atom. The van der Waals surface area contributed by atoms with Gasteiger partial charge in [-0.1, -0.05) is 24.3 Å². The van der Waals surface area contributed by atoms with Crippen molar-refractivity contribution in [3.63, 3.8) is 0 Å². The molecule has 0 saturated heterocycles. The second-order valence-corrected chi connectivity index (χ2v) is 6.43. The summed E-state index contributed by atoms with van der Waals surface area (Å²) in [5.41, 5.74) is 1.20. The number of nitrogens with zero attached hydrogens (tertiary/aromatic N) is 2. The molecule has 2 aromatic rings. The van der Waals surface area contributed by atoms with Gasteiger partial charge in [0.15, 0.2) is 0 Å². The van der Waals surface area contributed by atoms with Crippen LogP contribution in [0, 0.1) is 0 Å². The minimum atomic E-state index is 0.0999. The van der Waals surface area contributed by atoms with Gasteiger partial charge in [-0.15, -0.1) is 0 Å². The maximum absolute atomic E-state index is 4.91. The Hall–Kier alpha value is -1.61. The molecule has 1 aromatic carbocycles. The van der Waals surface area contributed by atoms with Crippen molar-refractivity contribution in [3.8, 4) is 0 Å². The summed E-state index contributed by atoms with van der Waals surface area (Å²) in [6, 6.07) is 10.7. The molecule has 0 bridgehead atoms. The lowest BCUT2D eigenvalue weighted by molar-refractivity contribution is 0.421. The van der Waals surface area contributed by atoms with Crippen molar-refractivity contribution in [2.24, 2.45) is 0 Å². The van der Waals surface area contributed by atoms with Gasteiger partial charge in [-0.3, -0.25) is 0 Å². The fourth-order valence-corrected chi connectivity index (χ4v) is 2.45. The van der Waals surface area contributed by atoms with E-state index in [1.807, 2.05) is 0 Å². The zero-order valence-electron chi connectivity index (χ0n) is 13.9. The van der Waals surface area contributed by atoms with Gasteiger partial charge < -0.3 is 10.2 Å². The van der Waals surface area contributed by atoms with E-state index in [1.165, 1.54) is 10.8 Å². The molecule has 2 rings (SSSR count). The predicted octanol–water partition coefficient (Wildman–Crippen LogP) is 3.97. The van der Waals surface area contributed by atoms with Gasteiger partial charge in [0.25, 0.3) is 0 Å². The minimum absolute atomic E-state index is 0.0999. The summed E-state index contributed by atoms with van der Waals surface area (Å²) in [5.74, 6) is 1.10. The number of hydrogen-bond acceptors (Lipinski definition) is 3. The average molecular weight is 285 g/mol. The summed E-state index contributed by atoms with van der Waals surface area (Å²) < 4.78 is 0. The summed E-state index contributed by atoms with van der Waals surface area (Å²) in [5, 5.41) is 6.02. The van der Waals surface area contributed by atoms with Crippen molar-refractivity contribution in [1.29, 1.82) is 0 Å².